The Morgan fingerprint density at radius 2 is 1.69 bits per heavy atom. The molecule has 0 aliphatic rings. The molecule has 2 aromatic rings. The summed E-state index contributed by atoms with van der Waals surface area (Å²) in [5.74, 6) is 2.37. The minimum atomic E-state index is 0.403. The van der Waals surface area contributed by atoms with Gasteiger partial charge in [-0.15, -0.1) is 0 Å². The maximum Gasteiger partial charge on any atom is 0.171 e. The minimum Gasteiger partial charge on any atom is -0.493 e. The quantitative estimate of drug-likeness (QED) is 0.467. The molecule has 0 aromatic heterocycles. The number of methoxy groups -OCH3 is 2. The van der Waals surface area contributed by atoms with Gasteiger partial charge in [-0.1, -0.05) is 24.3 Å². The average Bonchev–Trinajstić information content (AvgIpc) is 2.68. The first-order valence-electron chi connectivity index (χ1n) is 8.42. The van der Waals surface area contributed by atoms with E-state index in [9.17, 15) is 4.79 Å². The van der Waals surface area contributed by atoms with Crippen LogP contribution < -0.4 is 18.9 Å². The number of benzene rings is 2. The SMILES string of the molecule is C/C=C/c1ccc(OCCCOc2c(C=O)cccc2OC)c(OC)c1. The Balaban J connectivity index is 1.89. The van der Waals surface area contributed by atoms with Gasteiger partial charge >= 0.3 is 0 Å². The molecule has 0 spiro atoms. The zero-order chi connectivity index (χ0) is 18.8. The maximum absolute atomic E-state index is 11.1. The second-order valence-corrected chi connectivity index (χ2v) is 5.46. The topological polar surface area (TPSA) is 54.0 Å². The molecule has 0 aliphatic heterocycles. The summed E-state index contributed by atoms with van der Waals surface area (Å²) in [6.45, 7) is 2.83. The van der Waals surface area contributed by atoms with Crippen LogP contribution in [0.25, 0.3) is 6.08 Å². The molecule has 0 radical (unpaired) electrons. The van der Waals surface area contributed by atoms with Crippen molar-refractivity contribution >= 4 is 12.4 Å². The lowest BCUT2D eigenvalue weighted by atomic mass is 10.2. The van der Waals surface area contributed by atoms with E-state index in [-0.39, 0.29) is 0 Å². The average molecular weight is 356 g/mol. The van der Waals surface area contributed by atoms with Gasteiger partial charge in [-0.25, -0.2) is 0 Å². The summed E-state index contributed by atoms with van der Waals surface area (Å²) < 4.78 is 22.1. The largest absolute Gasteiger partial charge is 0.493 e. The highest BCUT2D eigenvalue weighted by Gasteiger charge is 2.10. The van der Waals surface area contributed by atoms with Crippen molar-refractivity contribution in [1.29, 1.82) is 0 Å². The third-order valence-electron chi connectivity index (χ3n) is 3.70. The van der Waals surface area contributed by atoms with Crippen LogP contribution >= 0.6 is 0 Å². The van der Waals surface area contributed by atoms with Gasteiger partial charge in [-0.05, 0) is 36.8 Å². The second-order valence-electron chi connectivity index (χ2n) is 5.46. The molecule has 26 heavy (non-hydrogen) atoms. The Kier molecular flexibility index (Phi) is 7.55. The standard InChI is InChI=1S/C21H24O5/c1-4-7-16-10-11-18(20(14-16)24-3)25-12-6-13-26-21-17(15-22)8-5-9-19(21)23-2/h4-5,7-11,14-15H,6,12-13H2,1-3H3/b7-4+. The predicted molar refractivity (Wildman–Crippen MR) is 102 cm³/mol. The van der Waals surface area contributed by atoms with Crippen LogP contribution in [0.1, 0.15) is 29.3 Å². The molecule has 0 fully saturated rings. The van der Waals surface area contributed by atoms with Crippen LogP contribution in [-0.2, 0) is 0 Å². The van der Waals surface area contributed by atoms with E-state index in [1.165, 1.54) is 0 Å². The third-order valence-corrected chi connectivity index (χ3v) is 3.70. The fraction of sp³-hybridized carbons (Fsp3) is 0.286. The molecule has 138 valence electrons. The first kappa shape index (κ1) is 19.4. The van der Waals surface area contributed by atoms with Gasteiger partial charge in [-0.3, -0.25) is 4.79 Å². The van der Waals surface area contributed by atoms with E-state index in [1.54, 1.807) is 32.4 Å². The van der Waals surface area contributed by atoms with Crippen molar-refractivity contribution in [1.82, 2.24) is 0 Å². The van der Waals surface area contributed by atoms with Gasteiger partial charge in [0, 0.05) is 6.42 Å². The Hall–Kier alpha value is -2.95. The lowest BCUT2D eigenvalue weighted by Crippen LogP contribution is -2.07. The number of carbonyl (C=O) groups excluding carboxylic acids is 1. The van der Waals surface area contributed by atoms with E-state index in [1.807, 2.05) is 37.3 Å². The zero-order valence-electron chi connectivity index (χ0n) is 15.4. The fourth-order valence-corrected chi connectivity index (χ4v) is 2.46. The van der Waals surface area contributed by atoms with Crippen LogP contribution in [0.15, 0.2) is 42.5 Å². The lowest BCUT2D eigenvalue weighted by Gasteiger charge is -2.14. The summed E-state index contributed by atoms with van der Waals surface area (Å²) >= 11 is 0. The first-order chi connectivity index (χ1) is 12.7. The Morgan fingerprint density at radius 3 is 2.38 bits per heavy atom. The smallest absolute Gasteiger partial charge is 0.171 e. The summed E-state index contributed by atoms with van der Waals surface area (Å²) in [5.41, 5.74) is 1.52. The van der Waals surface area contributed by atoms with Gasteiger partial charge in [0.2, 0.25) is 0 Å². The van der Waals surface area contributed by atoms with Crippen LogP contribution in [0.3, 0.4) is 0 Å². The molecule has 0 saturated carbocycles. The highest BCUT2D eigenvalue weighted by atomic mass is 16.5. The summed E-state index contributed by atoms with van der Waals surface area (Å²) in [6, 6.07) is 11.0. The highest BCUT2D eigenvalue weighted by Crippen LogP contribution is 2.31. The van der Waals surface area contributed by atoms with E-state index in [2.05, 4.69) is 0 Å². The molecule has 0 amide bonds. The predicted octanol–water partition coefficient (Wildman–Crippen LogP) is 4.40. The first-order valence-corrected chi connectivity index (χ1v) is 8.42. The monoisotopic (exact) mass is 356 g/mol. The van der Waals surface area contributed by atoms with E-state index in [0.717, 1.165) is 11.8 Å². The number of aldehydes is 1. The van der Waals surface area contributed by atoms with Gasteiger partial charge < -0.3 is 18.9 Å². The number of rotatable bonds is 10. The minimum absolute atomic E-state index is 0.403. The Labute approximate surface area is 154 Å². The summed E-state index contributed by atoms with van der Waals surface area (Å²) in [7, 11) is 3.16. The zero-order valence-corrected chi connectivity index (χ0v) is 15.4. The van der Waals surface area contributed by atoms with E-state index in [4.69, 9.17) is 18.9 Å². The van der Waals surface area contributed by atoms with E-state index in [0.29, 0.717) is 48.2 Å². The van der Waals surface area contributed by atoms with E-state index >= 15 is 0 Å². The van der Waals surface area contributed by atoms with Crippen LogP contribution in [-0.4, -0.2) is 33.7 Å². The molecule has 0 unspecified atom stereocenters. The van der Waals surface area contributed by atoms with Crippen LogP contribution in [0.5, 0.6) is 23.0 Å². The van der Waals surface area contributed by atoms with Crippen molar-refractivity contribution < 1.29 is 23.7 Å². The number of hydrogen-bond donors (Lipinski definition) is 0. The number of para-hydroxylation sites is 1. The van der Waals surface area contributed by atoms with Crippen molar-refractivity contribution in [2.24, 2.45) is 0 Å². The lowest BCUT2D eigenvalue weighted by molar-refractivity contribution is 0.111. The molecule has 2 rings (SSSR count). The third kappa shape index (κ3) is 5.02. The molecule has 0 saturated heterocycles. The van der Waals surface area contributed by atoms with Gasteiger partial charge in [0.25, 0.3) is 0 Å². The van der Waals surface area contributed by atoms with Crippen molar-refractivity contribution in [2.45, 2.75) is 13.3 Å². The van der Waals surface area contributed by atoms with Crippen molar-refractivity contribution in [3.63, 3.8) is 0 Å². The van der Waals surface area contributed by atoms with Crippen molar-refractivity contribution in [2.75, 3.05) is 27.4 Å². The van der Waals surface area contributed by atoms with Crippen molar-refractivity contribution in [3.8, 4) is 23.0 Å². The van der Waals surface area contributed by atoms with Gasteiger partial charge in [-0.2, -0.15) is 0 Å². The molecule has 0 heterocycles. The molecule has 0 aliphatic carbocycles. The molecule has 5 heteroatoms. The Bertz CT molecular complexity index is 752. The van der Waals surface area contributed by atoms with Crippen LogP contribution in [0.4, 0.5) is 0 Å². The van der Waals surface area contributed by atoms with Crippen LogP contribution in [0, 0.1) is 0 Å². The molecule has 0 atom stereocenters. The normalized spacial score (nSPS) is 10.6. The second kappa shape index (κ2) is 10.1. The molecular formula is C21H24O5. The number of allylic oxidation sites excluding steroid dienone is 1. The fourth-order valence-electron chi connectivity index (χ4n) is 2.46. The maximum atomic E-state index is 11.1. The highest BCUT2D eigenvalue weighted by molar-refractivity contribution is 5.81. The number of ether oxygens (including phenoxy) is 4. The Morgan fingerprint density at radius 1 is 0.923 bits per heavy atom. The van der Waals surface area contributed by atoms with Gasteiger partial charge in [0.05, 0.1) is 33.0 Å². The molecular weight excluding hydrogens is 332 g/mol. The number of carbonyl (C=O) groups is 1. The van der Waals surface area contributed by atoms with E-state index < -0.39 is 0 Å². The van der Waals surface area contributed by atoms with Crippen LogP contribution in [0.2, 0.25) is 0 Å². The molecule has 5 nitrogen and oxygen atoms in total. The summed E-state index contributed by atoms with van der Waals surface area (Å²) in [4.78, 5) is 11.1. The molecule has 0 bridgehead atoms. The summed E-state index contributed by atoms with van der Waals surface area (Å²) in [6.07, 6.45) is 5.37. The van der Waals surface area contributed by atoms with Gasteiger partial charge in [0.1, 0.15) is 0 Å². The summed E-state index contributed by atoms with van der Waals surface area (Å²) in [5, 5.41) is 0. The van der Waals surface area contributed by atoms with Gasteiger partial charge in [0.15, 0.2) is 29.3 Å². The molecule has 0 N–H and O–H groups in total. The number of hydrogen-bond acceptors (Lipinski definition) is 5. The van der Waals surface area contributed by atoms with Crippen molar-refractivity contribution in [3.05, 3.63) is 53.6 Å². The molecule has 2 aromatic carbocycles.